The lowest BCUT2D eigenvalue weighted by molar-refractivity contribution is -0.136. The molecule has 7 aliphatic rings. The number of carbonyl (C=O) groups is 5. The maximum absolute atomic E-state index is 13.4. The van der Waals surface area contributed by atoms with Crippen LogP contribution in [0.25, 0.3) is 0 Å². The molecule has 2 aromatic carbocycles. The maximum atomic E-state index is 13.4. The molecule has 1 saturated carbocycles. The summed E-state index contributed by atoms with van der Waals surface area (Å²) in [5.74, 6) is 0.195. The first kappa shape index (κ1) is 39.4. The molecule has 5 saturated heterocycles. The van der Waals surface area contributed by atoms with Crippen molar-refractivity contribution in [2.45, 2.75) is 44.1 Å². The van der Waals surface area contributed by atoms with Crippen LogP contribution >= 0.6 is 0 Å². The Bertz CT molecular complexity index is 2260. The number of nitrogens with two attached hydrogens (primary N) is 1. The zero-order chi connectivity index (χ0) is 42.1. The molecular formula is C43H52N12O6. The molecule has 7 heterocycles. The lowest BCUT2D eigenvalue weighted by atomic mass is 10.0. The number of anilines is 5. The van der Waals surface area contributed by atoms with Crippen LogP contribution in [-0.4, -0.2) is 162 Å². The molecule has 5 N–H and O–H groups in total. The van der Waals surface area contributed by atoms with Gasteiger partial charge in [0.2, 0.25) is 11.8 Å². The van der Waals surface area contributed by atoms with Gasteiger partial charge in [-0.15, -0.1) is 0 Å². The van der Waals surface area contributed by atoms with E-state index in [9.17, 15) is 29.1 Å². The predicted molar refractivity (Wildman–Crippen MR) is 225 cm³/mol. The number of nitrogens with one attached hydrogen (secondary N) is 2. The van der Waals surface area contributed by atoms with Gasteiger partial charge < -0.3 is 30.9 Å². The van der Waals surface area contributed by atoms with Gasteiger partial charge in [-0.1, -0.05) is 0 Å². The Balaban J connectivity index is 0.706. The fraction of sp³-hybridized carbons (Fsp3) is 0.512. The topological polar surface area (TPSA) is 204 Å². The number of rotatable bonds is 10. The van der Waals surface area contributed by atoms with Gasteiger partial charge >= 0.3 is 0 Å². The number of benzene rings is 2. The average Bonchev–Trinajstić information content (AvgIpc) is 3.50. The van der Waals surface area contributed by atoms with Crippen molar-refractivity contribution in [2.24, 2.45) is 23.5 Å². The van der Waals surface area contributed by atoms with Crippen LogP contribution in [0.1, 0.15) is 56.9 Å². The van der Waals surface area contributed by atoms with Crippen LogP contribution in [0.15, 0.2) is 48.7 Å². The van der Waals surface area contributed by atoms with Crippen LogP contribution in [0.3, 0.4) is 0 Å². The van der Waals surface area contributed by atoms with Gasteiger partial charge in [0, 0.05) is 102 Å². The number of carbonyl (C=O) groups excluding carboxylic acids is 5. The summed E-state index contributed by atoms with van der Waals surface area (Å²) in [5.41, 5.74) is 9.25. The van der Waals surface area contributed by atoms with E-state index in [4.69, 9.17) is 10.7 Å². The summed E-state index contributed by atoms with van der Waals surface area (Å²) >= 11 is 0. The van der Waals surface area contributed by atoms with Crippen molar-refractivity contribution in [3.63, 3.8) is 0 Å². The second-order valence-electron chi connectivity index (χ2n) is 17.6. The highest BCUT2D eigenvalue weighted by molar-refractivity contribution is 6.23. The fourth-order valence-electron chi connectivity index (χ4n) is 10.5. The van der Waals surface area contributed by atoms with Gasteiger partial charge in [-0.3, -0.25) is 48.9 Å². The number of likely N-dealkylation sites (N-methyl/N-ethyl adjacent to an activating group) is 1. The molecule has 1 aliphatic carbocycles. The van der Waals surface area contributed by atoms with Crippen LogP contribution in [0.4, 0.5) is 28.7 Å². The van der Waals surface area contributed by atoms with E-state index in [1.807, 2.05) is 30.1 Å². The number of aromatic nitrogens is 2. The molecule has 2 unspecified atom stereocenters. The quantitative estimate of drug-likeness (QED) is 0.208. The van der Waals surface area contributed by atoms with Crippen molar-refractivity contribution in [3.05, 3.63) is 65.5 Å². The number of imide groups is 2. The lowest BCUT2D eigenvalue weighted by Gasteiger charge is -2.39. The molecule has 0 bridgehead atoms. The molecule has 3 aromatic rings. The van der Waals surface area contributed by atoms with E-state index in [1.54, 1.807) is 18.3 Å². The van der Waals surface area contributed by atoms with Crippen molar-refractivity contribution in [1.82, 2.24) is 34.9 Å². The molecule has 18 heteroatoms. The molecule has 1 aromatic heterocycles. The Morgan fingerprint density at radius 2 is 1.59 bits per heavy atom. The Labute approximate surface area is 353 Å². The number of hydrogen-bond acceptors (Lipinski definition) is 15. The van der Waals surface area contributed by atoms with Crippen molar-refractivity contribution in [1.29, 1.82) is 0 Å². The van der Waals surface area contributed by atoms with Gasteiger partial charge in [0.15, 0.2) is 17.9 Å². The SMILES string of the molecule is CN1CCN([C@@H]2CCCN(c3cnc(C(N)=O)c(Nc4ccc(N5CCN(C[C@@H]6[C@H]7CN(c8ccc9c(c8)C(=O)N(C8CCC(=O)NC8=O)C9=O)C[C@@H]67)CC5)cc4)n3)C2)C1O. The molecule has 61 heavy (non-hydrogen) atoms. The van der Waals surface area contributed by atoms with E-state index < -0.39 is 36.0 Å². The van der Waals surface area contributed by atoms with E-state index in [0.717, 1.165) is 100 Å². The number of piperazine rings is 1. The Morgan fingerprint density at radius 3 is 2.30 bits per heavy atom. The highest BCUT2D eigenvalue weighted by Gasteiger charge is 2.56. The van der Waals surface area contributed by atoms with Crippen LogP contribution < -0.4 is 31.1 Å². The molecule has 320 valence electrons. The first-order valence-corrected chi connectivity index (χ1v) is 21.5. The number of aliphatic hydroxyl groups excluding tert-OH is 1. The highest BCUT2D eigenvalue weighted by atomic mass is 16.3. The summed E-state index contributed by atoms with van der Waals surface area (Å²) in [4.78, 5) is 86.8. The first-order valence-electron chi connectivity index (χ1n) is 21.5. The van der Waals surface area contributed by atoms with E-state index in [2.05, 4.69) is 52.2 Å². The molecule has 0 radical (unpaired) electrons. The van der Waals surface area contributed by atoms with E-state index >= 15 is 0 Å². The van der Waals surface area contributed by atoms with Crippen LogP contribution in [0.2, 0.25) is 0 Å². The largest absolute Gasteiger partial charge is 0.371 e. The van der Waals surface area contributed by atoms with Crippen LogP contribution in [0, 0.1) is 17.8 Å². The fourth-order valence-corrected chi connectivity index (χ4v) is 10.5. The standard InChI is InChI=1S/C43H52N12O6/c1-49-13-18-54(43(49)61)28-3-2-12-52(21-28)35-20-45-37(38(44)57)39(47-35)46-25-4-6-26(7-5-25)51-16-14-50(15-17-51)22-31-32-23-53(24-33(31)32)27-8-9-29-30(19-27)42(60)55(41(29)59)34-10-11-36(56)48-40(34)58/h4-9,19-20,28,31-34,43,61H,2-3,10-18,21-24H2,1H3,(H2,44,57)(H,46,47)(H,48,56,58)/t28-,31-,32-,33+,34?,43?/m1/s1. The first-order chi connectivity index (χ1) is 29.5. The van der Waals surface area contributed by atoms with Crippen LogP contribution in [0.5, 0.6) is 0 Å². The summed E-state index contributed by atoms with van der Waals surface area (Å²) in [6.07, 6.45) is 3.21. The summed E-state index contributed by atoms with van der Waals surface area (Å²) < 4.78 is 0. The minimum Gasteiger partial charge on any atom is -0.371 e. The third-order valence-corrected chi connectivity index (χ3v) is 14.1. The summed E-state index contributed by atoms with van der Waals surface area (Å²) in [6, 6.07) is 12.8. The third-order valence-electron chi connectivity index (χ3n) is 14.1. The van der Waals surface area contributed by atoms with E-state index in [-0.39, 0.29) is 30.5 Å². The molecule has 18 nitrogen and oxygen atoms in total. The number of piperidine rings is 3. The highest BCUT2D eigenvalue weighted by Crippen LogP contribution is 2.53. The van der Waals surface area contributed by atoms with Gasteiger partial charge in [0.05, 0.1) is 17.3 Å². The monoisotopic (exact) mass is 832 g/mol. The van der Waals surface area contributed by atoms with Gasteiger partial charge in [-0.2, -0.15) is 0 Å². The molecule has 6 atom stereocenters. The number of hydrogen-bond donors (Lipinski definition) is 4. The van der Waals surface area contributed by atoms with Gasteiger partial charge in [-0.25, -0.2) is 9.97 Å². The summed E-state index contributed by atoms with van der Waals surface area (Å²) in [5, 5.41) is 16.2. The molecular weight excluding hydrogens is 781 g/mol. The van der Waals surface area contributed by atoms with Crippen molar-refractivity contribution in [3.8, 4) is 0 Å². The molecule has 10 rings (SSSR count). The number of nitrogens with zero attached hydrogens (tertiary/aromatic N) is 9. The minimum absolute atomic E-state index is 0.0825. The number of fused-ring (bicyclic) bond motifs is 2. The summed E-state index contributed by atoms with van der Waals surface area (Å²) in [6.45, 7) is 9.82. The Hall–Kier alpha value is -5.69. The van der Waals surface area contributed by atoms with Crippen molar-refractivity contribution >= 4 is 58.2 Å². The van der Waals surface area contributed by atoms with E-state index in [0.29, 0.717) is 47.1 Å². The van der Waals surface area contributed by atoms with Gasteiger partial charge in [0.1, 0.15) is 11.9 Å². The van der Waals surface area contributed by atoms with Crippen molar-refractivity contribution in [2.75, 3.05) is 99.1 Å². The van der Waals surface area contributed by atoms with E-state index in [1.165, 1.54) is 0 Å². The maximum Gasteiger partial charge on any atom is 0.271 e. The minimum atomic E-state index is -0.970. The smallest absolute Gasteiger partial charge is 0.271 e. The lowest BCUT2D eigenvalue weighted by Crippen LogP contribution is -2.54. The molecule has 5 amide bonds. The molecule has 0 spiro atoms. The second-order valence-corrected chi connectivity index (χ2v) is 17.6. The molecule has 6 aliphatic heterocycles. The number of aliphatic hydroxyl groups is 1. The zero-order valence-electron chi connectivity index (χ0n) is 34.3. The third kappa shape index (κ3) is 7.34. The summed E-state index contributed by atoms with van der Waals surface area (Å²) in [7, 11) is 1.93. The average molecular weight is 833 g/mol. The number of primary amides is 1. The van der Waals surface area contributed by atoms with Gasteiger partial charge in [0.25, 0.3) is 17.7 Å². The zero-order valence-corrected chi connectivity index (χ0v) is 34.3. The number of amides is 5. The van der Waals surface area contributed by atoms with Gasteiger partial charge in [-0.05, 0) is 86.5 Å². The Morgan fingerprint density at radius 1 is 0.852 bits per heavy atom. The predicted octanol–water partition coefficient (Wildman–Crippen LogP) is 0.717. The van der Waals surface area contributed by atoms with Crippen LogP contribution in [-0.2, 0) is 9.59 Å². The van der Waals surface area contributed by atoms with Crippen molar-refractivity contribution < 1.29 is 29.1 Å². The second kappa shape index (κ2) is 15.6. The normalized spacial score (nSPS) is 28.4. The molecule has 6 fully saturated rings. The Kier molecular flexibility index (Phi) is 10.1.